The minimum Gasteiger partial charge on any atom is -0.459 e. The lowest BCUT2D eigenvalue weighted by Crippen LogP contribution is -2.27. The highest BCUT2D eigenvalue weighted by Crippen LogP contribution is 2.29. The maximum Gasteiger partial charge on any atom is 0.321 e. The molecule has 0 aliphatic carbocycles. The van der Waals surface area contributed by atoms with Crippen molar-refractivity contribution in [2.45, 2.75) is 26.7 Å². The Labute approximate surface area is 146 Å². The Hall–Kier alpha value is -2.82. The van der Waals surface area contributed by atoms with Crippen LogP contribution in [0.25, 0.3) is 22.4 Å². The van der Waals surface area contributed by atoms with Crippen LogP contribution in [0.5, 0.6) is 0 Å². The Bertz CT molecular complexity index is 945. The van der Waals surface area contributed by atoms with Crippen LogP contribution in [0.4, 0.5) is 10.5 Å². The molecule has 0 spiro atoms. The number of fused-ring (bicyclic) bond motifs is 1. The number of nitrogens with zero attached hydrogens (tertiary/aromatic N) is 2. The molecule has 1 fully saturated rings. The number of carbonyl (C=O) groups excluding carboxylic acids is 1. The molecule has 2 amide bonds. The summed E-state index contributed by atoms with van der Waals surface area (Å²) in [5.74, 6) is 1.78. The first-order valence-electron chi connectivity index (χ1n) is 8.71. The summed E-state index contributed by atoms with van der Waals surface area (Å²) in [6.45, 7) is 5.57. The van der Waals surface area contributed by atoms with Gasteiger partial charge in [-0.2, -0.15) is 0 Å². The first-order valence-corrected chi connectivity index (χ1v) is 8.71. The topological polar surface area (TPSA) is 58.4 Å². The van der Waals surface area contributed by atoms with Crippen LogP contribution in [-0.4, -0.2) is 24.1 Å². The minimum atomic E-state index is -0.0533. The summed E-state index contributed by atoms with van der Waals surface area (Å²) < 4.78 is 5.92. The van der Waals surface area contributed by atoms with Crippen LogP contribution in [0.2, 0.25) is 0 Å². The molecule has 1 aromatic carbocycles. The number of hydrogen-bond acceptors (Lipinski definition) is 3. The number of carbonyl (C=O) groups is 1. The molecule has 25 heavy (non-hydrogen) atoms. The molecule has 0 saturated carbocycles. The van der Waals surface area contributed by atoms with Gasteiger partial charge in [0.1, 0.15) is 11.5 Å². The highest BCUT2D eigenvalue weighted by molar-refractivity contribution is 5.97. The molecule has 1 aliphatic heterocycles. The van der Waals surface area contributed by atoms with E-state index in [0.29, 0.717) is 13.1 Å². The smallest absolute Gasteiger partial charge is 0.321 e. The first kappa shape index (κ1) is 15.7. The quantitative estimate of drug-likeness (QED) is 0.774. The fourth-order valence-electron chi connectivity index (χ4n) is 3.30. The van der Waals surface area contributed by atoms with E-state index in [-0.39, 0.29) is 6.03 Å². The van der Waals surface area contributed by atoms with E-state index in [2.05, 4.69) is 25.2 Å². The average molecular weight is 335 g/mol. The molecule has 2 aromatic heterocycles. The summed E-state index contributed by atoms with van der Waals surface area (Å²) in [6.07, 6.45) is 1.99. The second-order valence-corrected chi connectivity index (χ2v) is 6.43. The number of amides is 2. The van der Waals surface area contributed by atoms with E-state index in [4.69, 9.17) is 9.40 Å². The van der Waals surface area contributed by atoms with E-state index in [0.717, 1.165) is 52.2 Å². The Morgan fingerprint density at radius 1 is 1.24 bits per heavy atom. The van der Waals surface area contributed by atoms with Gasteiger partial charge in [0.25, 0.3) is 0 Å². The first-order chi connectivity index (χ1) is 12.2. The molecule has 3 aromatic rings. The zero-order valence-electron chi connectivity index (χ0n) is 14.5. The van der Waals surface area contributed by atoms with Crippen molar-refractivity contribution in [2.75, 3.05) is 18.0 Å². The zero-order valence-corrected chi connectivity index (χ0v) is 14.5. The monoisotopic (exact) mass is 335 g/mol. The van der Waals surface area contributed by atoms with Crippen molar-refractivity contribution in [3.05, 3.63) is 47.7 Å². The van der Waals surface area contributed by atoms with Gasteiger partial charge in [0.05, 0.1) is 5.52 Å². The lowest BCUT2D eigenvalue weighted by atomic mass is 10.1. The lowest BCUT2D eigenvalue weighted by Gasteiger charge is -2.15. The summed E-state index contributed by atoms with van der Waals surface area (Å²) >= 11 is 0. The number of nitrogens with one attached hydrogen (secondary N) is 1. The predicted molar refractivity (Wildman–Crippen MR) is 98.9 cm³/mol. The van der Waals surface area contributed by atoms with Gasteiger partial charge in [-0.25, -0.2) is 9.78 Å². The number of rotatable bonds is 4. The largest absolute Gasteiger partial charge is 0.459 e. The van der Waals surface area contributed by atoms with E-state index in [1.807, 2.05) is 30.3 Å². The van der Waals surface area contributed by atoms with E-state index >= 15 is 0 Å². The maximum atomic E-state index is 11.9. The number of furan rings is 1. The van der Waals surface area contributed by atoms with Crippen LogP contribution in [0.3, 0.4) is 0 Å². The second kappa shape index (κ2) is 6.24. The van der Waals surface area contributed by atoms with Gasteiger partial charge in [0.15, 0.2) is 5.76 Å². The lowest BCUT2D eigenvalue weighted by molar-refractivity contribution is 0.252. The standard InChI is InChI=1S/C20H21N3O2/c1-3-4-15-6-8-19(25-15)18-11-13(2)16-7-5-14(12-17(16)22-18)23-10-9-21-20(23)24/h5-8,11-12H,3-4,9-10H2,1-2H3,(H,21,24). The molecular formula is C20H21N3O2. The molecule has 128 valence electrons. The minimum absolute atomic E-state index is 0.0533. The fraction of sp³-hybridized carbons (Fsp3) is 0.300. The number of aryl methyl sites for hydroxylation is 2. The van der Waals surface area contributed by atoms with Crippen LogP contribution in [0.1, 0.15) is 24.7 Å². The number of urea groups is 1. The molecule has 3 heterocycles. The highest BCUT2D eigenvalue weighted by atomic mass is 16.3. The third kappa shape index (κ3) is 2.86. The van der Waals surface area contributed by atoms with Crippen molar-refractivity contribution in [3.8, 4) is 11.5 Å². The van der Waals surface area contributed by atoms with Crippen molar-refractivity contribution in [1.82, 2.24) is 10.3 Å². The van der Waals surface area contributed by atoms with E-state index in [9.17, 15) is 4.79 Å². The Balaban J connectivity index is 1.77. The maximum absolute atomic E-state index is 11.9. The number of anilines is 1. The van der Waals surface area contributed by atoms with Crippen LogP contribution in [0.15, 0.2) is 40.8 Å². The average Bonchev–Trinajstić information content (AvgIpc) is 3.24. The molecule has 1 saturated heterocycles. The Morgan fingerprint density at radius 2 is 2.12 bits per heavy atom. The summed E-state index contributed by atoms with van der Waals surface area (Å²) in [7, 11) is 0. The third-order valence-corrected chi connectivity index (χ3v) is 4.58. The van der Waals surface area contributed by atoms with Gasteiger partial charge in [-0.3, -0.25) is 4.90 Å². The van der Waals surface area contributed by atoms with Gasteiger partial charge in [-0.05, 0) is 49.2 Å². The van der Waals surface area contributed by atoms with Crippen molar-refractivity contribution in [2.24, 2.45) is 0 Å². The van der Waals surface area contributed by atoms with E-state index in [1.165, 1.54) is 0 Å². The van der Waals surface area contributed by atoms with Crippen molar-refractivity contribution in [3.63, 3.8) is 0 Å². The van der Waals surface area contributed by atoms with E-state index < -0.39 is 0 Å². The van der Waals surface area contributed by atoms with Crippen LogP contribution in [-0.2, 0) is 6.42 Å². The summed E-state index contributed by atoms with van der Waals surface area (Å²) in [5.41, 5.74) is 3.72. The molecule has 5 nitrogen and oxygen atoms in total. The van der Waals surface area contributed by atoms with Gasteiger partial charge >= 0.3 is 6.03 Å². The van der Waals surface area contributed by atoms with Gasteiger partial charge in [-0.15, -0.1) is 0 Å². The molecule has 0 bridgehead atoms. The predicted octanol–water partition coefficient (Wildman–Crippen LogP) is 4.29. The molecule has 1 N–H and O–H groups in total. The molecule has 1 aliphatic rings. The second-order valence-electron chi connectivity index (χ2n) is 6.43. The number of pyridine rings is 1. The Morgan fingerprint density at radius 3 is 2.88 bits per heavy atom. The van der Waals surface area contributed by atoms with Crippen molar-refractivity contribution in [1.29, 1.82) is 0 Å². The van der Waals surface area contributed by atoms with E-state index in [1.54, 1.807) is 4.90 Å². The summed E-state index contributed by atoms with van der Waals surface area (Å²) in [5, 5.41) is 3.92. The number of benzene rings is 1. The van der Waals surface area contributed by atoms with Crippen molar-refractivity contribution < 1.29 is 9.21 Å². The number of aromatic nitrogens is 1. The van der Waals surface area contributed by atoms with Crippen LogP contribution >= 0.6 is 0 Å². The highest BCUT2D eigenvalue weighted by Gasteiger charge is 2.21. The summed E-state index contributed by atoms with van der Waals surface area (Å²) in [4.78, 5) is 18.4. The summed E-state index contributed by atoms with van der Waals surface area (Å²) in [6, 6.07) is 12.0. The third-order valence-electron chi connectivity index (χ3n) is 4.58. The van der Waals surface area contributed by atoms with Crippen LogP contribution < -0.4 is 10.2 Å². The molecule has 0 radical (unpaired) electrons. The normalized spacial score (nSPS) is 14.3. The molecule has 0 unspecified atom stereocenters. The molecule has 4 rings (SSSR count). The van der Waals surface area contributed by atoms with Gasteiger partial charge in [-0.1, -0.05) is 13.0 Å². The van der Waals surface area contributed by atoms with Gasteiger partial charge in [0.2, 0.25) is 0 Å². The molecule has 0 atom stereocenters. The SMILES string of the molecule is CCCc1ccc(-c2cc(C)c3ccc(N4CCNC4=O)cc3n2)o1. The number of hydrogen-bond donors (Lipinski definition) is 1. The van der Waals surface area contributed by atoms with Crippen LogP contribution in [0, 0.1) is 6.92 Å². The van der Waals surface area contributed by atoms with Crippen molar-refractivity contribution >= 4 is 22.6 Å². The van der Waals surface area contributed by atoms with Gasteiger partial charge in [0, 0.05) is 30.6 Å². The molecular weight excluding hydrogens is 314 g/mol. The fourth-order valence-corrected chi connectivity index (χ4v) is 3.30. The van der Waals surface area contributed by atoms with Gasteiger partial charge < -0.3 is 9.73 Å². The Kier molecular flexibility index (Phi) is 3.92. The zero-order chi connectivity index (χ0) is 17.4. The molecule has 5 heteroatoms.